The average Bonchev–Trinajstić information content (AvgIpc) is 2.25. The zero-order valence-electron chi connectivity index (χ0n) is 8.90. The Hall–Kier alpha value is -1.42. The van der Waals surface area contributed by atoms with Crippen LogP contribution in [0.4, 0.5) is 8.78 Å². The SMILES string of the molecule is C=CCC[C@H](N)c1cccc(OC(F)F)c1. The number of benzene rings is 1. The molecule has 0 heterocycles. The van der Waals surface area contributed by atoms with Gasteiger partial charge in [0.15, 0.2) is 0 Å². The highest BCUT2D eigenvalue weighted by molar-refractivity contribution is 5.30. The lowest BCUT2D eigenvalue weighted by Crippen LogP contribution is -2.10. The molecule has 0 aliphatic rings. The summed E-state index contributed by atoms with van der Waals surface area (Å²) in [4.78, 5) is 0. The van der Waals surface area contributed by atoms with Gasteiger partial charge in [-0.1, -0.05) is 18.2 Å². The normalized spacial score (nSPS) is 12.5. The van der Waals surface area contributed by atoms with E-state index in [4.69, 9.17) is 5.73 Å². The van der Waals surface area contributed by atoms with E-state index in [2.05, 4.69) is 11.3 Å². The largest absolute Gasteiger partial charge is 0.435 e. The molecule has 0 radical (unpaired) electrons. The smallest absolute Gasteiger partial charge is 0.387 e. The number of alkyl halides is 2. The lowest BCUT2D eigenvalue weighted by atomic mass is 10.0. The van der Waals surface area contributed by atoms with Crippen LogP contribution >= 0.6 is 0 Å². The van der Waals surface area contributed by atoms with Crippen molar-refractivity contribution in [3.8, 4) is 5.75 Å². The Bertz CT molecular complexity index is 342. The minimum atomic E-state index is -2.81. The van der Waals surface area contributed by atoms with Crippen molar-refractivity contribution in [3.05, 3.63) is 42.5 Å². The van der Waals surface area contributed by atoms with E-state index in [9.17, 15) is 8.78 Å². The Morgan fingerprint density at radius 1 is 1.44 bits per heavy atom. The van der Waals surface area contributed by atoms with Crippen LogP contribution in [0, 0.1) is 0 Å². The van der Waals surface area contributed by atoms with Crippen molar-refractivity contribution >= 4 is 0 Å². The topological polar surface area (TPSA) is 35.2 Å². The average molecular weight is 227 g/mol. The lowest BCUT2D eigenvalue weighted by molar-refractivity contribution is -0.0498. The number of ether oxygens (including phenoxy) is 1. The number of halogens is 2. The van der Waals surface area contributed by atoms with Crippen LogP contribution in [-0.2, 0) is 0 Å². The van der Waals surface area contributed by atoms with E-state index in [1.807, 2.05) is 0 Å². The summed E-state index contributed by atoms with van der Waals surface area (Å²) >= 11 is 0. The molecule has 0 unspecified atom stereocenters. The van der Waals surface area contributed by atoms with Crippen LogP contribution in [0.5, 0.6) is 5.75 Å². The van der Waals surface area contributed by atoms with Gasteiger partial charge in [-0.15, -0.1) is 6.58 Å². The zero-order valence-corrected chi connectivity index (χ0v) is 8.90. The first kappa shape index (κ1) is 12.6. The highest BCUT2D eigenvalue weighted by atomic mass is 19.3. The van der Waals surface area contributed by atoms with Gasteiger partial charge in [-0.3, -0.25) is 0 Å². The van der Waals surface area contributed by atoms with Gasteiger partial charge < -0.3 is 10.5 Å². The fraction of sp³-hybridized carbons (Fsp3) is 0.333. The van der Waals surface area contributed by atoms with Crippen molar-refractivity contribution in [1.82, 2.24) is 0 Å². The molecular weight excluding hydrogens is 212 g/mol. The summed E-state index contributed by atoms with van der Waals surface area (Å²) in [5.74, 6) is 0.140. The molecule has 4 heteroatoms. The van der Waals surface area contributed by atoms with Gasteiger partial charge in [-0.25, -0.2) is 0 Å². The number of hydrogen-bond donors (Lipinski definition) is 1. The molecule has 0 spiro atoms. The van der Waals surface area contributed by atoms with Gasteiger partial charge in [0, 0.05) is 6.04 Å². The Balaban J connectivity index is 2.69. The van der Waals surface area contributed by atoms with Crippen LogP contribution in [-0.4, -0.2) is 6.61 Å². The van der Waals surface area contributed by atoms with Crippen LogP contribution in [0.2, 0.25) is 0 Å². The Kier molecular flexibility index (Phi) is 4.92. The fourth-order valence-electron chi connectivity index (χ4n) is 1.39. The number of nitrogens with two attached hydrogens (primary N) is 1. The first-order chi connectivity index (χ1) is 7.63. The van der Waals surface area contributed by atoms with Crippen molar-refractivity contribution in [2.75, 3.05) is 0 Å². The fourth-order valence-corrected chi connectivity index (χ4v) is 1.39. The van der Waals surface area contributed by atoms with Crippen LogP contribution in [0.15, 0.2) is 36.9 Å². The molecule has 0 bridgehead atoms. The maximum Gasteiger partial charge on any atom is 0.387 e. The van der Waals surface area contributed by atoms with Crippen molar-refractivity contribution in [3.63, 3.8) is 0 Å². The predicted molar refractivity (Wildman–Crippen MR) is 59.4 cm³/mol. The Morgan fingerprint density at radius 3 is 2.81 bits per heavy atom. The molecule has 1 aromatic carbocycles. The third kappa shape index (κ3) is 3.98. The summed E-state index contributed by atoms with van der Waals surface area (Å²) in [6.45, 7) is 0.798. The molecular formula is C12H15F2NO. The van der Waals surface area contributed by atoms with Crippen LogP contribution in [0.1, 0.15) is 24.4 Å². The maximum atomic E-state index is 12.0. The molecule has 16 heavy (non-hydrogen) atoms. The minimum absolute atomic E-state index is 0.140. The molecule has 1 aromatic rings. The van der Waals surface area contributed by atoms with Crippen molar-refractivity contribution < 1.29 is 13.5 Å². The number of allylic oxidation sites excluding steroid dienone is 1. The van der Waals surface area contributed by atoms with Crippen LogP contribution < -0.4 is 10.5 Å². The molecule has 0 fully saturated rings. The minimum Gasteiger partial charge on any atom is -0.435 e. The monoisotopic (exact) mass is 227 g/mol. The van der Waals surface area contributed by atoms with Crippen molar-refractivity contribution in [1.29, 1.82) is 0 Å². The molecule has 2 nitrogen and oxygen atoms in total. The second-order valence-corrected chi connectivity index (χ2v) is 3.42. The number of rotatable bonds is 6. The van der Waals surface area contributed by atoms with Gasteiger partial charge in [0.05, 0.1) is 0 Å². The Morgan fingerprint density at radius 2 is 2.19 bits per heavy atom. The van der Waals surface area contributed by atoms with Crippen molar-refractivity contribution in [2.24, 2.45) is 5.73 Å². The first-order valence-corrected chi connectivity index (χ1v) is 5.04. The van der Waals surface area contributed by atoms with E-state index in [0.717, 1.165) is 18.4 Å². The van der Waals surface area contributed by atoms with Crippen LogP contribution in [0.3, 0.4) is 0 Å². The van der Waals surface area contributed by atoms with Gasteiger partial charge >= 0.3 is 6.61 Å². The summed E-state index contributed by atoms with van der Waals surface area (Å²) in [7, 11) is 0. The maximum absolute atomic E-state index is 12.0. The van der Waals surface area contributed by atoms with Gasteiger partial charge in [-0.2, -0.15) is 8.78 Å². The van der Waals surface area contributed by atoms with Gasteiger partial charge in [0.1, 0.15) is 5.75 Å². The first-order valence-electron chi connectivity index (χ1n) is 5.04. The van der Waals surface area contributed by atoms with Gasteiger partial charge in [-0.05, 0) is 30.5 Å². The van der Waals surface area contributed by atoms with E-state index >= 15 is 0 Å². The van der Waals surface area contributed by atoms with Crippen LogP contribution in [0.25, 0.3) is 0 Å². The summed E-state index contributed by atoms with van der Waals surface area (Å²) in [5, 5.41) is 0. The standard InChI is InChI=1S/C12H15F2NO/c1-2-3-7-11(15)9-5-4-6-10(8-9)16-12(13)14/h2,4-6,8,11-12H,1,3,7,15H2/t11-/m0/s1. The molecule has 88 valence electrons. The predicted octanol–water partition coefficient (Wildman–Crippen LogP) is 3.25. The molecule has 2 N–H and O–H groups in total. The molecule has 0 amide bonds. The third-order valence-electron chi connectivity index (χ3n) is 2.19. The van der Waals surface area contributed by atoms with Gasteiger partial charge in [0.25, 0.3) is 0 Å². The molecule has 0 saturated heterocycles. The quantitative estimate of drug-likeness (QED) is 0.757. The molecule has 0 aromatic heterocycles. The van der Waals surface area contributed by atoms with E-state index < -0.39 is 6.61 Å². The van der Waals surface area contributed by atoms with E-state index in [-0.39, 0.29) is 11.8 Å². The lowest BCUT2D eigenvalue weighted by Gasteiger charge is -2.12. The highest BCUT2D eigenvalue weighted by Gasteiger charge is 2.08. The molecule has 0 saturated carbocycles. The molecule has 0 aliphatic heterocycles. The molecule has 1 atom stereocenters. The molecule has 0 aliphatic carbocycles. The second kappa shape index (κ2) is 6.23. The second-order valence-electron chi connectivity index (χ2n) is 3.42. The van der Waals surface area contributed by atoms with E-state index in [1.165, 1.54) is 6.07 Å². The summed E-state index contributed by atoms with van der Waals surface area (Å²) in [6, 6.07) is 6.29. The highest BCUT2D eigenvalue weighted by Crippen LogP contribution is 2.22. The van der Waals surface area contributed by atoms with E-state index in [1.54, 1.807) is 24.3 Å². The molecule has 1 rings (SSSR count). The Labute approximate surface area is 93.7 Å². The number of hydrogen-bond acceptors (Lipinski definition) is 2. The van der Waals surface area contributed by atoms with Gasteiger partial charge in [0.2, 0.25) is 0 Å². The summed E-state index contributed by atoms with van der Waals surface area (Å²) < 4.78 is 28.3. The summed E-state index contributed by atoms with van der Waals surface area (Å²) in [6.07, 6.45) is 3.31. The zero-order chi connectivity index (χ0) is 12.0. The van der Waals surface area contributed by atoms with E-state index in [0.29, 0.717) is 0 Å². The summed E-state index contributed by atoms with van der Waals surface area (Å²) in [5.41, 5.74) is 6.68. The third-order valence-corrected chi connectivity index (χ3v) is 2.19. The van der Waals surface area contributed by atoms with Crippen molar-refractivity contribution in [2.45, 2.75) is 25.5 Å².